The van der Waals surface area contributed by atoms with E-state index >= 15 is 0 Å². The van der Waals surface area contributed by atoms with Crippen LogP contribution in [0, 0.1) is 11.3 Å². The first-order valence-electron chi connectivity index (χ1n) is 8.29. The minimum absolute atomic E-state index is 0.0171. The Labute approximate surface area is 142 Å². The van der Waals surface area contributed by atoms with Crippen molar-refractivity contribution in [2.24, 2.45) is 11.3 Å². The Kier molecular flexibility index (Phi) is 4.82. The van der Waals surface area contributed by atoms with Crippen LogP contribution in [0.25, 0.3) is 0 Å². The van der Waals surface area contributed by atoms with Crippen molar-refractivity contribution in [3.8, 4) is 0 Å². The van der Waals surface area contributed by atoms with E-state index in [1.54, 1.807) is 16.7 Å². The lowest BCUT2D eigenvalue weighted by Crippen LogP contribution is -2.44. The van der Waals surface area contributed by atoms with E-state index < -0.39 is 0 Å². The number of ether oxygens (including phenoxy) is 2. The molecule has 2 heterocycles. The minimum Gasteiger partial charge on any atom is -0.352 e. The molecule has 2 nitrogen and oxygen atoms in total. The Balaban J connectivity index is 1.89. The van der Waals surface area contributed by atoms with E-state index in [9.17, 15) is 0 Å². The SMILES string of the molecule is CC1=C([C@@H]2C/C(=C\I)[C@H]3CCCO[C@H]3O2)C(C)(C)CCC1. The molecule has 0 aromatic carbocycles. The van der Waals surface area contributed by atoms with E-state index in [1.807, 2.05) is 0 Å². The maximum absolute atomic E-state index is 6.44. The van der Waals surface area contributed by atoms with Crippen LogP contribution in [0.5, 0.6) is 0 Å². The van der Waals surface area contributed by atoms with Gasteiger partial charge in [0, 0.05) is 12.5 Å². The van der Waals surface area contributed by atoms with Crippen LogP contribution in [0.1, 0.15) is 59.3 Å². The van der Waals surface area contributed by atoms with Gasteiger partial charge in [-0.2, -0.15) is 0 Å². The van der Waals surface area contributed by atoms with Crippen molar-refractivity contribution >= 4 is 22.6 Å². The van der Waals surface area contributed by atoms with Gasteiger partial charge in [0.15, 0.2) is 6.29 Å². The summed E-state index contributed by atoms with van der Waals surface area (Å²) in [5, 5.41) is 0. The summed E-state index contributed by atoms with van der Waals surface area (Å²) < 4.78 is 14.7. The van der Waals surface area contributed by atoms with E-state index in [1.165, 1.54) is 25.7 Å². The Morgan fingerprint density at radius 1 is 1.29 bits per heavy atom. The van der Waals surface area contributed by atoms with Crippen LogP contribution in [-0.2, 0) is 9.47 Å². The summed E-state index contributed by atoms with van der Waals surface area (Å²) in [4.78, 5) is 0. The minimum atomic E-state index is -0.0171. The van der Waals surface area contributed by atoms with Crippen LogP contribution in [0.2, 0.25) is 0 Å². The largest absolute Gasteiger partial charge is 0.352 e. The Morgan fingerprint density at radius 3 is 2.81 bits per heavy atom. The van der Waals surface area contributed by atoms with E-state index in [0.717, 1.165) is 19.4 Å². The van der Waals surface area contributed by atoms with Crippen molar-refractivity contribution in [1.29, 1.82) is 0 Å². The van der Waals surface area contributed by atoms with Gasteiger partial charge in [-0.3, -0.25) is 0 Å². The summed E-state index contributed by atoms with van der Waals surface area (Å²) in [6.07, 6.45) is 7.46. The summed E-state index contributed by atoms with van der Waals surface area (Å²) in [5.74, 6) is 0.486. The molecule has 3 atom stereocenters. The van der Waals surface area contributed by atoms with Gasteiger partial charge >= 0.3 is 0 Å². The van der Waals surface area contributed by atoms with Gasteiger partial charge in [0.1, 0.15) is 0 Å². The van der Waals surface area contributed by atoms with Crippen molar-refractivity contribution in [3.63, 3.8) is 0 Å². The standard InChI is InChI=1S/C18H27IO2/c1-12-6-4-8-18(2,3)16(12)15-10-13(11-19)14-7-5-9-20-17(14)21-15/h11,14-15,17H,4-10H2,1-3H3/b13-11+/t14-,15+,17+/m1/s1. The third-order valence-corrected chi connectivity index (χ3v) is 6.27. The topological polar surface area (TPSA) is 18.5 Å². The first-order valence-corrected chi connectivity index (χ1v) is 9.54. The van der Waals surface area contributed by atoms with Crippen LogP contribution < -0.4 is 0 Å². The second-order valence-corrected chi connectivity index (χ2v) is 8.06. The van der Waals surface area contributed by atoms with Gasteiger partial charge in [0.25, 0.3) is 0 Å². The van der Waals surface area contributed by atoms with Gasteiger partial charge in [0.2, 0.25) is 0 Å². The molecule has 0 N–H and O–H groups in total. The molecule has 2 aliphatic heterocycles. The number of fused-ring (bicyclic) bond motifs is 1. The predicted molar refractivity (Wildman–Crippen MR) is 94.4 cm³/mol. The summed E-state index contributed by atoms with van der Waals surface area (Å²) in [5.41, 5.74) is 4.92. The van der Waals surface area contributed by atoms with Gasteiger partial charge in [-0.15, -0.1) is 0 Å². The molecule has 0 unspecified atom stereocenters. The molecule has 2 saturated heterocycles. The second kappa shape index (κ2) is 6.32. The monoisotopic (exact) mass is 402 g/mol. The van der Waals surface area contributed by atoms with Crippen molar-refractivity contribution in [1.82, 2.24) is 0 Å². The molecule has 0 amide bonds. The van der Waals surface area contributed by atoms with E-state index in [2.05, 4.69) is 47.4 Å². The van der Waals surface area contributed by atoms with Gasteiger partial charge < -0.3 is 9.47 Å². The van der Waals surface area contributed by atoms with Gasteiger partial charge in [-0.05, 0) is 60.5 Å². The first-order chi connectivity index (χ1) is 10.0. The Hall–Kier alpha value is 0.130. The number of hydrogen-bond acceptors (Lipinski definition) is 2. The summed E-state index contributed by atoms with van der Waals surface area (Å²) in [6, 6.07) is 0. The average Bonchev–Trinajstić information content (AvgIpc) is 2.45. The zero-order valence-corrected chi connectivity index (χ0v) is 15.6. The van der Waals surface area contributed by atoms with Gasteiger partial charge in [0.05, 0.1) is 6.10 Å². The second-order valence-electron chi connectivity index (χ2n) is 7.43. The lowest BCUT2D eigenvalue weighted by Gasteiger charge is -2.46. The lowest BCUT2D eigenvalue weighted by molar-refractivity contribution is -0.217. The van der Waals surface area contributed by atoms with Crippen molar-refractivity contribution < 1.29 is 9.47 Å². The highest BCUT2D eigenvalue weighted by Crippen LogP contribution is 2.47. The number of rotatable bonds is 1. The number of hydrogen-bond donors (Lipinski definition) is 0. The van der Waals surface area contributed by atoms with Crippen molar-refractivity contribution in [2.75, 3.05) is 6.61 Å². The molecular formula is C18H27IO2. The molecule has 0 radical (unpaired) electrons. The number of halogens is 1. The van der Waals surface area contributed by atoms with Gasteiger partial charge in [-0.25, -0.2) is 0 Å². The zero-order valence-electron chi connectivity index (χ0n) is 13.5. The smallest absolute Gasteiger partial charge is 0.164 e. The number of allylic oxidation sites excluding steroid dienone is 1. The highest BCUT2D eigenvalue weighted by molar-refractivity contribution is 14.1. The maximum atomic E-state index is 6.44. The third kappa shape index (κ3) is 3.11. The lowest BCUT2D eigenvalue weighted by atomic mass is 9.69. The van der Waals surface area contributed by atoms with Crippen LogP contribution in [-0.4, -0.2) is 19.0 Å². The zero-order chi connectivity index (χ0) is 15.0. The molecule has 1 aliphatic carbocycles. The fourth-order valence-electron chi connectivity index (χ4n) is 4.47. The van der Waals surface area contributed by atoms with Crippen molar-refractivity contribution in [3.05, 3.63) is 20.8 Å². The Bertz CT molecular complexity index is 464. The van der Waals surface area contributed by atoms with Crippen LogP contribution in [0.4, 0.5) is 0 Å². The van der Waals surface area contributed by atoms with E-state index in [-0.39, 0.29) is 17.8 Å². The highest BCUT2D eigenvalue weighted by atomic mass is 127. The molecule has 3 aliphatic rings. The molecule has 0 saturated carbocycles. The summed E-state index contributed by atoms with van der Waals surface area (Å²) >= 11 is 2.40. The quantitative estimate of drug-likeness (QED) is 0.434. The molecule has 118 valence electrons. The van der Waals surface area contributed by atoms with Crippen LogP contribution in [0.15, 0.2) is 20.8 Å². The Morgan fingerprint density at radius 2 is 2.10 bits per heavy atom. The average molecular weight is 402 g/mol. The first kappa shape index (κ1) is 16.0. The highest BCUT2D eigenvalue weighted by Gasteiger charge is 2.42. The third-order valence-electron chi connectivity index (χ3n) is 5.47. The molecule has 3 heteroatoms. The predicted octanol–water partition coefficient (Wildman–Crippen LogP) is 5.37. The fourth-order valence-corrected chi connectivity index (χ4v) is 5.19. The molecule has 21 heavy (non-hydrogen) atoms. The fraction of sp³-hybridized carbons (Fsp3) is 0.778. The maximum Gasteiger partial charge on any atom is 0.164 e. The molecule has 2 fully saturated rings. The van der Waals surface area contributed by atoms with Crippen LogP contribution >= 0.6 is 22.6 Å². The molecule has 0 aromatic rings. The van der Waals surface area contributed by atoms with E-state index in [0.29, 0.717) is 5.92 Å². The molecular weight excluding hydrogens is 375 g/mol. The molecule has 0 bridgehead atoms. The van der Waals surface area contributed by atoms with Gasteiger partial charge in [-0.1, -0.05) is 47.6 Å². The van der Waals surface area contributed by atoms with Crippen LogP contribution in [0.3, 0.4) is 0 Å². The summed E-state index contributed by atoms with van der Waals surface area (Å²) in [6.45, 7) is 7.93. The summed E-state index contributed by atoms with van der Waals surface area (Å²) in [7, 11) is 0. The van der Waals surface area contributed by atoms with E-state index in [4.69, 9.17) is 9.47 Å². The molecule has 0 aromatic heterocycles. The molecule has 3 rings (SSSR count). The molecule has 0 spiro atoms. The normalized spacial score (nSPS) is 38.5. The van der Waals surface area contributed by atoms with Crippen molar-refractivity contribution in [2.45, 2.75) is 71.7 Å².